The van der Waals surface area contributed by atoms with Crippen LogP contribution in [0.3, 0.4) is 0 Å². The maximum atomic E-state index is 5.25. The van der Waals surface area contributed by atoms with E-state index in [2.05, 4.69) is 7.11 Å². The first-order chi connectivity index (χ1) is 7.28. The lowest BCUT2D eigenvalue weighted by Crippen LogP contribution is -1.99. The summed E-state index contributed by atoms with van der Waals surface area (Å²) in [6.45, 7) is 0.365. The Morgan fingerprint density at radius 3 is 2.13 bits per heavy atom. The standard InChI is InChI=1S/C11H15O4/c1-12-7-8-5-6-9(13-2)11(15-4)10(8)14-3/h5-6H,1,7H2,2-4H3. The van der Waals surface area contributed by atoms with E-state index in [4.69, 9.17) is 18.9 Å². The lowest BCUT2D eigenvalue weighted by Gasteiger charge is -2.15. The molecule has 1 radical (unpaired) electrons. The molecule has 0 spiro atoms. The second kappa shape index (κ2) is 5.46. The van der Waals surface area contributed by atoms with Gasteiger partial charge in [0.15, 0.2) is 11.5 Å². The lowest BCUT2D eigenvalue weighted by atomic mass is 10.2. The van der Waals surface area contributed by atoms with Crippen molar-refractivity contribution >= 4 is 0 Å². The van der Waals surface area contributed by atoms with Crippen LogP contribution in [0.5, 0.6) is 17.2 Å². The minimum atomic E-state index is 0.365. The summed E-state index contributed by atoms with van der Waals surface area (Å²) in [7, 11) is 8.04. The fraction of sp³-hybridized carbons (Fsp3) is 0.364. The lowest BCUT2D eigenvalue weighted by molar-refractivity contribution is 0.222. The summed E-state index contributed by atoms with van der Waals surface area (Å²) in [6.07, 6.45) is 0. The molecule has 0 aliphatic carbocycles. The first kappa shape index (κ1) is 11.7. The van der Waals surface area contributed by atoms with Gasteiger partial charge in [0.05, 0.1) is 35.0 Å². The van der Waals surface area contributed by atoms with E-state index in [1.807, 2.05) is 6.07 Å². The third-order valence-electron chi connectivity index (χ3n) is 2.04. The molecule has 83 valence electrons. The minimum absolute atomic E-state index is 0.365. The minimum Gasteiger partial charge on any atom is -0.493 e. The fourth-order valence-corrected chi connectivity index (χ4v) is 1.39. The van der Waals surface area contributed by atoms with E-state index in [0.717, 1.165) is 5.56 Å². The van der Waals surface area contributed by atoms with E-state index in [1.54, 1.807) is 27.4 Å². The number of methoxy groups -OCH3 is 3. The van der Waals surface area contributed by atoms with E-state index in [0.29, 0.717) is 23.9 Å². The van der Waals surface area contributed by atoms with Crippen molar-refractivity contribution in [3.63, 3.8) is 0 Å². The first-order valence-corrected chi connectivity index (χ1v) is 4.43. The first-order valence-electron chi connectivity index (χ1n) is 4.43. The Hall–Kier alpha value is -1.42. The summed E-state index contributed by atoms with van der Waals surface area (Å²) in [5.74, 6) is 1.80. The van der Waals surface area contributed by atoms with Gasteiger partial charge in [0, 0.05) is 5.56 Å². The third kappa shape index (κ3) is 2.33. The summed E-state index contributed by atoms with van der Waals surface area (Å²) in [6, 6.07) is 3.65. The molecule has 4 nitrogen and oxygen atoms in total. The number of ether oxygens (including phenoxy) is 4. The topological polar surface area (TPSA) is 36.9 Å². The van der Waals surface area contributed by atoms with Crippen molar-refractivity contribution in [1.82, 2.24) is 0 Å². The Labute approximate surface area is 89.7 Å². The number of hydrogen-bond acceptors (Lipinski definition) is 4. The average Bonchev–Trinajstić information content (AvgIpc) is 2.28. The molecule has 0 aromatic heterocycles. The number of rotatable bonds is 5. The second-order valence-electron chi connectivity index (χ2n) is 2.84. The van der Waals surface area contributed by atoms with Gasteiger partial charge >= 0.3 is 0 Å². The van der Waals surface area contributed by atoms with Gasteiger partial charge in [-0.05, 0) is 12.1 Å². The molecule has 0 aliphatic heterocycles. The number of hydrogen-bond donors (Lipinski definition) is 0. The second-order valence-corrected chi connectivity index (χ2v) is 2.84. The van der Waals surface area contributed by atoms with E-state index in [9.17, 15) is 0 Å². The molecule has 0 bridgehead atoms. The third-order valence-corrected chi connectivity index (χ3v) is 2.04. The Kier molecular flexibility index (Phi) is 4.24. The molecule has 1 aromatic carbocycles. The maximum Gasteiger partial charge on any atom is 0.203 e. The van der Waals surface area contributed by atoms with Crippen LogP contribution < -0.4 is 14.2 Å². The van der Waals surface area contributed by atoms with E-state index < -0.39 is 0 Å². The van der Waals surface area contributed by atoms with Crippen molar-refractivity contribution in [3.8, 4) is 17.2 Å². The van der Waals surface area contributed by atoms with Gasteiger partial charge in [-0.3, -0.25) is 0 Å². The van der Waals surface area contributed by atoms with Crippen LogP contribution in [-0.2, 0) is 11.3 Å². The molecule has 0 unspecified atom stereocenters. The van der Waals surface area contributed by atoms with Gasteiger partial charge in [0.1, 0.15) is 0 Å². The molecular formula is C11H15O4. The Morgan fingerprint density at radius 2 is 1.67 bits per heavy atom. The van der Waals surface area contributed by atoms with Gasteiger partial charge < -0.3 is 18.9 Å². The molecular weight excluding hydrogens is 196 g/mol. The highest BCUT2D eigenvalue weighted by atomic mass is 16.5. The van der Waals surface area contributed by atoms with Crippen molar-refractivity contribution in [3.05, 3.63) is 24.8 Å². The van der Waals surface area contributed by atoms with Crippen LogP contribution in [0.25, 0.3) is 0 Å². The van der Waals surface area contributed by atoms with Crippen molar-refractivity contribution < 1.29 is 18.9 Å². The summed E-state index contributed by atoms with van der Waals surface area (Å²) in [5, 5.41) is 0. The Morgan fingerprint density at radius 1 is 1.00 bits per heavy atom. The highest BCUT2D eigenvalue weighted by Gasteiger charge is 2.15. The molecule has 0 atom stereocenters. The molecule has 4 heteroatoms. The zero-order chi connectivity index (χ0) is 11.3. The van der Waals surface area contributed by atoms with Crippen LogP contribution in [-0.4, -0.2) is 21.3 Å². The highest BCUT2D eigenvalue weighted by Crippen LogP contribution is 2.39. The van der Waals surface area contributed by atoms with Crippen molar-refractivity contribution in [2.75, 3.05) is 21.3 Å². The number of benzene rings is 1. The van der Waals surface area contributed by atoms with Crippen LogP contribution in [0, 0.1) is 7.11 Å². The van der Waals surface area contributed by atoms with Crippen molar-refractivity contribution in [2.45, 2.75) is 6.61 Å². The zero-order valence-corrected chi connectivity index (χ0v) is 9.20. The normalized spacial score (nSPS) is 9.87. The largest absolute Gasteiger partial charge is 0.493 e. The predicted octanol–water partition coefficient (Wildman–Crippen LogP) is 2.02. The Bertz CT molecular complexity index is 323. The van der Waals surface area contributed by atoms with Gasteiger partial charge in [-0.1, -0.05) is 0 Å². The van der Waals surface area contributed by atoms with Gasteiger partial charge in [0.25, 0.3) is 0 Å². The van der Waals surface area contributed by atoms with Gasteiger partial charge in [-0.25, -0.2) is 0 Å². The maximum absolute atomic E-state index is 5.25. The monoisotopic (exact) mass is 211 g/mol. The van der Waals surface area contributed by atoms with Gasteiger partial charge in [0.2, 0.25) is 5.75 Å². The summed E-state index contributed by atoms with van der Waals surface area (Å²) >= 11 is 0. The van der Waals surface area contributed by atoms with Crippen molar-refractivity contribution in [1.29, 1.82) is 0 Å². The van der Waals surface area contributed by atoms with Crippen LogP contribution in [0.2, 0.25) is 0 Å². The van der Waals surface area contributed by atoms with Crippen LogP contribution in [0.4, 0.5) is 0 Å². The summed E-state index contributed by atoms with van der Waals surface area (Å²) < 4.78 is 20.4. The molecule has 15 heavy (non-hydrogen) atoms. The smallest absolute Gasteiger partial charge is 0.203 e. The highest BCUT2D eigenvalue weighted by molar-refractivity contribution is 5.55. The predicted molar refractivity (Wildman–Crippen MR) is 56.2 cm³/mol. The zero-order valence-electron chi connectivity index (χ0n) is 9.20. The van der Waals surface area contributed by atoms with Crippen LogP contribution in [0.15, 0.2) is 12.1 Å². The molecule has 0 saturated heterocycles. The SMILES string of the molecule is [CH2]OCc1ccc(OC)c(OC)c1OC. The molecule has 0 fully saturated rings. The van der Waals surface area contributed by atoms with Gasteiger partial charge in [-0.15, -0.1) is 0 Å². The molecule has 0 saturated carbocycles. The van der Waals surface area contributed by atoms with Crippen LogP contribution in [0.1, 0.15) is 5.56 Å². The van der Waals surface area contributed by atoms with Crippen molar-refractivity contribution in [2.24, 2.45) is 0 Å². The summed E-state index contributed by atoms with van der Waals surface area (Å²) in [5.41, 5.74) is 0.866. The van der Waals surface area contributed by atoms with Gasteiger partial charge in [-0.2, -0.15) is 0 Å². The average molecular weight is 211 g/mol. The van der Waals surface area contributed by atoms with E-state index in [-0.39, 0.29) is 0 Å². The summed E-state index contributed by atoms with van der Waals surface area (Å²) in [4.78, 5) is 0. The molecule has 0 N–H and O–H groups in total. The fourth-order valence-electron chi connectivity index (χ4n) is 1.39. The molecule has 0 aliphatic rings. The molecule has 1 aromatic rings. The molecule has 0 heterocycles. The van der Waals surface area contributed by atoms with E-state index in [1.165, 1.54) is 0 Å². The molecule has 0 amide bonds. The van der Waals surface area contributed by atoms with E-state index >= 15 is 0 Å². The quantitative estimate of drug-likeness (QED) is 0.746. The van der Waals surface area contributed by atoms with Crippen LogP contribution >= 0.6 is 0 Å². The Balaban J connectivity index is 3.21. The molecule has 1 rings (SSSR count).